The van der Waals surface area contributed by atoms with Crippen LogP contribution >= 0.6 is 0 Å². The normalized spacial score (nSPS) is 20.0. The number of hydrogen-bond acceptors (Lipinski definition) is 6. The summed E-state index contributed by atoms with van der Waals surface area (Å²) in [5, 5.41) is 9.57. The van der Waals surface area contributed by atoms with E-state index in [1.54, 1.807) is 18.0 Å². The van der Waals surface area contributed by atoms with Gasteiger partial charge in [-0.05, 0) is 18.2 Å². The van der Waals surface area contributed by atoms with Crippen LogP contribution in [0.3, 0.4) is 0 Å². The number of amides is 2. The average molecular weight is 399 g/mol. The fourth-order valence-corrected chi connectivity index (χ4v) is 4.08. The zero-order valence-corrected chi connectivity index (χ0v) is 16.5. The molecule has 0 radical (unpaired) electrons. The first-order chi connectivity index (χ1) is 14.0. The summed E-state index contributed by atoms with van der Waals surface area (Å²) < 4.78 is 1.40. The summed E-state index contributed by atoms with van der Waals surface area (Å²) in [6, 6.07) is 5.56. The number of anilines is 1. The molecule has 0 bridgehead atoms. The molecule has 0 saturated carbocycles. The Labute approximate surface area is 168 Å². The number of aliphatic hydroxyl groups excluding tert-OH is 1. The van der Waals surface area contributed by atoms with E-state index >= 15 is 0 Å². The third kappa shape index (κ3) is 3.69. The van der Waals surface area contributed by atoms with E-state index in [0.29, 0.717) is 50.0 Å². The van der Waals surface area contributed by atoms with E-state index in [1.807, 2.05) is 17.0 Å². The molecule has 2 aromatic rings. The molecule has 2 aliphatic rings. The van der Waals surface area contributed by atoms with E-state index < -0.39 is 0 Å². The maximum absolute atomic E-state index is 12.7. The van der Waals surface area contributed by atoms with Gasteiger partial charge < -0.3 is 19.8 Å². The molecule has 2 aliphatic heterocycles. The Morgan fingerprint density at radius 1 is 1.21 bits per heavy atom. The Bertz CT molecular complexity index is 996. The number of rotatable bonds is 4. The molecule has 1 aromatic heterocycles. The average Bonchev–Trinajstić information content (AvgIpc) is 3.08. The fraction of sp³-hybridized carbons (Fsp3) is 0.500. The zero-order valence-electron chi connectivity index (χ0n) is 16.5. The lowest BCUT2D eigenvalue weighted by Crippen LogP contribution is -2.50. The zero-order chi connectivity index (χ0) is 20.5. The van der Waals surface area contributed by atoms with Gasteiger partial charge in [-0.2, -0.15) is 0 Å². The predicted octanol–water partition coefficient (Wildman–Crippen LogP) is -0.484. The maximum atomic E-state index is 12.7. The molecule has 1 aromatic carbocycles. The molecule has 3 heterocycles. The van der Waals surface area contributed by atoms with Gasteiger partial charge in [0.2, 0.25) is 11.8 Å². The summed E-state index contributed by atoms with van der Waals surface area (Å²) in [4.78, 5) is 46.8. The van der Waals surface area contributed by atoms with Crippen LogP contribution in [0.4, 0.5) is 5.69 Å². The van der Waals surface area contributed by atoms with E-state index in [0.717, 1.165) is 5.69 Å². The van der Waals surface area contributed by atoms with Gasteiger partial charge in [-0.25, -0.2) is 4.98 Å². The maximum Gasteiger partial charge on any atom is 0.261 e. The van der Waals surface area contributed by atoms with Crippen molar-refractivity contribution < 1.29 is 14.7 Å². The van der Waals surface area contributed by atoms with E-state index in [-0.39, 0.29) is 36.4 Å². The van der Waals surface area contributed by atoms with Crippen LogP contribution in [0.5, 0.6) is 0 Å². The van der Waals surface area contributed by atoms with Crippen LogP contribution in [0.25, 0.3) is 10.9 Å². The summed E-state index contributed by atoms with van der Waals surface area (Å²) in [6.07, 6.45) is 1.76. The second-order valence-corrected chi connectivity index (χ2v) is 7.66. The molecule has 1 unspecified atom stereocenters. The summed E-state index contributed by atoms with van der Waals surface area (Å²) in [5.41, 5.74) is 1.42. The van der Waals surface area contributed by atoms with Crippen molar-refractivity contribution in [2.24, 2.45) is 5.92 Å². The Morgan fingerprint density at radius 3 is 2.62 bits per heavy atom. The lowest BCUT2D eigenvalue weighted by Gasteiger charge is -2.37. The van der Waals surface area contributed by atoms with Crippen LogP contribution < -0.4 is 10.5 Å². The Hall–Kier alpha value is -2.94. The van der Waals surface area contributed by atoms with Gasteiger partial charge in [-0.3, -0.25) is 19.0 Å². The van der Waals surface area contributed by atoms with Crippen molar-refractivity contribution in [3.63, 3.8) is 0 Å². The molecule has 154 valence electrons. The number of nitrogens with zero attached hydrogens (tertiary/aromatic N) is 5. The van der Waals surface area contributed by atoms with Crippen LogP contribution in [-0.2, 0) is 16.1 Å². The summed E-state index contributed by atoms with van der Waals surface area (Å²) in [5.74, 6) is -0.138. The number of hydrogen-bond donors (Lipinski definition) is 1. The topological polar surface area (TPSA) is 99.0 Å². The lowest BCUT2D eigenvalue weighted by atomic mass is 10.1. The van der Waals surface area contributed by atoms with Crippen molar-refractivity contribution >= 4 is 28.4 Å². The monoisotopic (exact) mass is 399 g/mol. The minimum Gasteiger partial charge on any atom is -0.395 e. The molecule has 9 nitrogen and oxygen atoms in total. The van der Waals surface area contributed by atoms with Gasteiger partial charge in [0.05, 0.1) is 36.3 Å². The van der Waals surface area contributed by atoms with Crippen LogP contribution in [0.2, 0.25) is 0 Å². The molecular weight excluding hydrogens is 374 g/mol. The second kappa shape index (κ2) is 7.82. The quantitative estimate of drug-likeness (QED) is 0.745. The van der Waals surface area contributed by atoms with Crippen molar-refractivity contribution in [3.8, 4) is 0 Å². The predicted molar refractivity (Wildman–Crippen MR) is 108 cm³/mol. The third-order valence-electron chi connectivity index (χ3n) is 5.80. The number of benzene rings is 1. The van der Waals surface area contributed by atoms with Crippen molar-refractivity contribution in [2.75, 3.05) is 51.3 Å². The lowest BCUT2D eigenvalue weighted by molar-refractivity contribution is -0.136. The SMILES string of the molecule is CN1CC(C(=O)N2CCN(c3ccc4c(=O)n(CCO)cnc4c3)CC2)CC1=O. The van der Waals surface area contributed by atoms with Crippen molar-refractivity contribution in [3.05, 3.63) is 34.9 Å². The first-order valence-corrected chi connectivity index (χ1v) is 9.85. The number of aromatic nitrogens is 2. The first kappa shape index (κ1) is 19.4. The molecule has 1 atom stereocenters. The molecular formula is C20H25N5O4. The van der Waals surface area contributed by atoms with Gasteiger partial charge in [0.25, 0.3) is 5.56 Å². The smallest absolute Gasteiger partial charge is 0.261 e. The van der Waals surface area contributed by atoms with Gasteiger partial charge in [0.1, 0.15) is 0 Å². The van der Waals surface area contributed by atoms with Crippen molar-refractivity contribution in [2.45, 2.75) is 13.0 Å². The Balaban J connectivity index is 1.44. The number of carbonyl (C=O) groups excluding carboxylic acids is 2. The molecule has 0 spiro atoms. The van der Waals surface area contributed by atoms with Crippen LogP contribution in [0.1, 0.15) is 6.42 Å². The largest absolute Gasteiger partial charge is 0.395 e. The number of fused-ring (bicyclic) bond motifs is 1. The molecule has 2 saturated heterocycles. The van der Waals surface area contributed by atoms with Gasteiger partial charge in [-0.1, -0.05) is 0 Å². The Kier molecular flexibility index (Phi) is 5.23. The van der Waals surface area contributed by atoms with E-state index in [9.17, 15) is 14.4 Å². The van der Waals surface area contributed by atoms with Crippen molar-refractivity contribution in [1.29, 1.82) is 0 Å². The van der Waals surface area contributed by atoms with E-state index in [4.69, 9.17) is 5.11 Å². The summed E-state index contributed by atoms with van der Waals surface area (Å²) in [7, 11) is 1.74. The van der Waals surface area contributed by atoms with Crippen LogP contribution in [-0.4, -0.2) is 82.7 Å². The molecule has 0 aliphatic carbocycles. The minimum atomic E-state index is -0.231. The van der Waals surface area contributed by atoms with Gasteiger partial charge in [0.15, 0.2) is 0 Å². The molecule has 29 heavy (non-hydrogen) atoms. The molecule has 9 heteroatoms. The first-order valence-electron chi connectivity index (χ1n) is 9.85. The third-order valence-corrected chi connectivity index (χ3v) is 5.80. The number of aliphatic hydroxyl groups is 1. The van der Waals surface area contributed by atoms with Gasteiger partial charge in [0, 0.05) is 51.9 Å². The Morgan fingerprint density at radius 2 is 1.97 bits per heavy atom. The standard InChI is InChI=1S/C20H25N5O4/c1-22-12-14(10-18(22)27)19(28)24-6-4-23(5-7-24)15-2-3-16-17(11-15)21-13-25(8-9-26)20(16)29/h2-3,11,13-14,26H,4-10,12H2,1H3. The highest BCUT2D eigenvalue weighted by atomic mass is 16.3. The highest BCUT2D eigenvalue weighted by Crippen LogP contribution is 2.23. The summed E-state index contributed by atoms with van der Waals surface area (Å²) >= 11 is 0. The van der Waals surface area contributed by atoms with Crippen molar-refractivity contribution in [1.82, 2.24) is 19.4 Å². The van der Waals surface area contributed by atoms with Crippen LogP contribution in [0, 0.1) is 5.92 Å². The van der Waals surface area contributed by atoms with Crippen LogP contribution in [0.15, 0.2) is 29.3 Å². The number of piperazine rings is 1. The minimum absolute atomic E-state index is 0.0312. The van der Waals surface area contributed by atoms with Gasteiger partial charge in [-0.15, -0.1) is 0 Å². The molecule has 2 amide bonds. The molecule has 2 fully saturated rings. The number of carbonyl (C=O) groups is 2. The highest BCUT2D eigenvalue weighted by molar-refractivity contribution is 5.89. The number of likely N-dealkylation sites (tertiary alicyclic amines) is 1. The van der Waals surface area contributed by atoms with E-state index in [2.05, 4.69) is 9.88 Å². The molecule has 1 N–H and O–H groups in total. The van der Waals surface area contributed by atoms with Gasteiger partial charge >= 0.3 is 0 Å². The summed E-state index contributed by atoms with van der Waals surface area (Å²) in [6.45, 7) is 3.21. The fourth-order valence-electron chi connectivity index (χ4n) is 4.08. The molecule has 4 rings (SSSR count). The van der Waals surface area contributed by atoms with E-state index in [1.165, 1.54) is 10.9 Å². The second-order valence-electron chi connectivity index (χ2n) is 7.66. The highest BCUT2D eigenvalue weighted by Gasteiger charge is 2.35.